The van der Waals surface area contributed by atoms with E-state index in [9.17, 15) is 4.79 Å². The maximum atomic E-state index is 11.6. The van der Waals surface area contributed by atoms with Crippen molar-refractivity contribution in [3.63, 3.8) is 0 Å². The number of hydrogen-bond acceptors (Lipinski definition) is 4. The number of carbonyl (C=O) groups excluding carboxylic acids is 1. The van der Waals surface area contributed by atoms with Crippen molar-refractivity contribution in [3.8, 4) is 5.75 Å². The Balaban J connectivity index is 2.07. The second-order valence-electron chi connectivity index (χ2n) is 4.60. The van der Waals surface area contributed by atoms with E-state index in [4.69, 9.17) is 9.47 Å². The van der Waals surface area contributed by atoms with Crippen molar-refractivity contribution in [1.29, 1.82) is 0 Å². The van der Waals surface area contributed by atoms with Crippen LogP contribution in [0, 0.1) is 0 Å². The number of ether oxygens (including phenoxy) is 2. The minimum Gasteiger partial charge on any atom is -0.492 e. The van der Waals surface area contributed by atoms with E-state index in [2.05, 4.69) is 5.32 Å². The number of nitrogens with zero attached hydrogens (tertiary/aromatic N) is 1. The van der Waals surface area contributed by atoms with Crippen LogP contribution in [0.4, 0.5) is 0 Å². The van der Waals surface area contributed by atoms with Crippen LogP contribution in [-0.4, -0.2) is 57.8 Å². The second kappa shape index (κ2) is 10.2. The number of benzene rings is 1. The van der Waals surface area contributed by atoms with Crippen LogP contribution >= 0.6 is 0 Å². The van der Waals surface area contributed by atoms with E-state index in [0.717, 1.165) is 12.2 Å². The molecule has 20 heavy (non-hydrogen) atoms. The van der Waals surface area contributed by atoms with Gasteiger partial charge in [0.15, 0.2) is 0 Å². The third-order valence-corrected chi connectivity index (χ3v) is 2.75. The number of hydrogen-bond donors (Lipinski definition) is 1. The number of rotatable bonds is 10. The first kappa shape index (κ1) is 16.5. The predicted molar refractivity (Wildman–Crippen MR) is 78.9 cm³/mol. The molecule has 5 nitrogen and oxygen atoms in total. The Kier molecular flexibility index (Phi) is 8.42. The average molecular weight is 280 g/mol. The first-order valence-electron chi connectivity index (χ1n) is 6.84. The molecular formula is C15H24N2O3. The molecule has 0 bridgehead atoms. The van der Waals surface area contributed by atoms with Crippen molar-refractivity contribution in [2.45, 2.75) is 6.42 Å². The summed E-state index contributed by atoms with van der Waals surface area (Å²) in [5, 5.41) is 2.86. The molecule has 0 aromatic heterocycles. The third kappa shape index (κ3) is 7.76. The normalized spacial score (nSPS) is 10.6. The van der Waals surface area contributed by atoms with E-state index < -0.39 is 0 Å². The second-order valence-corrected chi connectivity index (χ2v) is 4.60. The van der Waals surface area contributed by atoms with Crippen LogP contribution in [-0.2, 0) is 9.53 Å². The number of para-hydroxylation sites is 1. The summed E-state index contributed by atoms with van der Waals surface area (Å²) in [5.74, 6) is 0.883. The van der Waals surface area contributed by atoms with E-state index in [1.54, 1.807) is 7.11 Å². The van der Waals surface area contributed by atoms with E-state index in [0.29, 0.717) is 32.8 Å². The number of carbonyl (C=O) groups is 1. The van der Waals surface area contributed by atoms with Gasteiger partial charge >= 0.3 is 0 Å². The summed E-state index contributed by atoms with van der Waals surface area (Å²) in [7, 11) is 3.56. The van der Waals surface area contributed by atoms with Gasteiger partial charge in [0.25, 0.3) is 0 Å². The molecule has 0 radical (unpaired) electrons. The van der Waals surface area contributed by atoms with Gasteiger partial charge in [0.1, 0.15) is 12.4 Å². The Morgan fingerprint density at radius 3 is 2.70 bits per heavy atom. The molecule has 1 N–H and O–H groups in total. The van der Waals surface area contributed by atoms with Crippen LogP contribution in [0.25, 0.3) is 0 Å². The molecule has 1 aromatic rings. The zero-order chi connectivity index (χ0) is 14.6. The van der Waals surface area contributed by atoms with Crippen molar-refractivity contribution in [1.82, 2.24) is 10.2 Å². The predicted octanol–water partition coefficient (Wildman–Crippen LogP) is 1.15. The molecule has 5 heteroatoms. The number of nitrogens with one attached hydrogen (secondary N) is 1. The minimum atomic E-state index is 0.0308. The maximum Gasteiger partial charge on any atom is 0.234 e. The molecular weight excluding hydrogens is 256 g/mol. The molecule has 0 aliphatic rings. The summed E-state index contributed by atoms with van der Waals surface area (Å²) in [6, 6.07) is 9.66. The van der Waals surface area contributed by atoms with Gasteiger partial charge in [-0.1, -0.05) is 18.2 Å². The van der Waals surface area contributed by atoms with Crippen LogP contribution in [0.3, 0.4) is 0 Å². The fraction of sp³-hybridized carbons (Fsp3) is 0.533. The first-order chi connectivity index (χ1) is 9.72. The summed E-state index contributed by atoms with van der Waals surface area (Å²) in [5.41, 5.74) is 0. The highest BCUT2D eigenvalue weighted by Gasteiger charge is 2.05. The Morgan fingerprint density at radius 2 is 2.00 bits per heavy atom. The largest absolute Gasteiger partial charge is 0.492 e. The zero-order valence-electron chi connectivity index (χ0n) is 12.3. The van der Waals surface area contributed by atoms with Gasteiger partial charge in [0, 0.05) is 26.8 Å². The Labute approximate surface area is 120 Å². The standard InChI is InChI=1S/C15H24N2O3/c1-17(13-15(18)16-9-6-11-19-2)10-12-20-14-7-4-3-5-8-14/h3-5,7-8H,6,9-13H2,1-2H3,(H,16,18). The van der Waals surface area contributed by atoms with E-state index >= 15 is 0 Å². The Hall–Kier alpha value is -1.59. The monoisotopic (exact) mass is 280 g/mol. The van der Waals surface area contributed by atoms with Crippen LogP contribution in [0.1, 0.15) is 6.42 Å². The van der Waals surface area contributed by atoms with Crippen molar-refractivity contribution in [2.75, 3.05) is 47.0 Å². The Bertz CT molecular complexity index is 371. The Morgan fingerprint density at radius 1 is 1.25 bits per heavy atom. The molecule has 112 valence electrons. The molecule has 0 unspecified atom stereocenters. The molecule has 0 aliphatic carbocycles. The van der Waals surface area contributed by atoms with Gasteiger partial charge in [-0.2, -0.15) is 0 Å². The maximum absolute atomic E-state index is 11.6. The lowest BCUT2D eigenvalue weighted by Gasteiger charge is -2.16. The van der Waals surface area contributed by atoms with Gasteiger partial charge in [-0.05, 0) is 25.6 Å². The summed E-state index contributed by atoms with van der Waals surface area (Å²) in [6.45, 7) is 2.98. The number of methoxy groups -OCH3 is 1. The van der Waals surface area contributed by atoms with E-state index in [-0.39, 0.29) is 5.91 Å². The van der Waals surface area contributed by atoms with Crippen LogP contribution in [0.5, 0.6) is 5.75 Å². The lowest BCUT2D eigenvalue weighted by molar-refractivity contribution is -0.122. The van der Waals surface area contributed by atoms with Crippen LogP contribution in [0.15, 0.2) is 30.3 Å². The molecule has 0 saturated heterocycles. The zero-order valence-corrected chi connectivity index (χ0v) is 12.3. The summed E-state index contributed by atoms with van der Waals surface area (Å²) < 4.78 is 10.5. The van der Waals surface area contributed by atoms with Crippen molar-refractivity contribution >= 4 is 5.91 Å². The topological polar surface area (TPSA) is 50.8 Å². The van der Waals surface area contributed by atoms with Gasteiger partial charge in [-0.25, -0.2) is 0 Å². The van der Waals surface area contributed by atoms with Crippen LogP contribution < -0.4 is 10.1 Å². The first-order valence-corrected chi connectivity index (χ1v) is 6.84. The molecule has 0 spiro atoms. The summed E-state index contributed by atoms with van der Waals surface area (Å²) in [6.07, 6.45) is 0.836. The molecule has 0 aliphatic heterocycles. The lowest BCUT2D eigenvalue weighted by Crippen LogP contribution is -2.37. The van der Waals surface area contributed by atoms with Gasteiger partial charge in [0.05, 0.1) is 6.54 Å². The van der Waals surface area contributed by atoms with Gasteiger partial charge in [0.2, 0.25) is 5.91 Å². The van der Waals surface area contributed by atoms with Crippen LogP contribution in [0.2, 0.25) is 0 Å². The number of likely N-dealkylation sites (N-methyl/N-ethyl adjacent to an activating group) is 1. The minimum absolute atomic E-state index is 0.0308. The fourth-order valence-electron chi connectivity index (χ4n) is 1.66. The molecule has 0 fully saturated rings. The fourth-order valence-corrected chi connectivity index (χ4v) is 1.66. The summed E-state index contributed by atoms with van der Waals surface area (Å²) in [4.78, 5) is 13.6. The molecule has 1 aromatic carbocycles. The highest BCUT2D eigenvalue weighted by Crippen LogP contribution is 2.07. The molecule has 0 atom stereocenters. The van der Waals surface area contributed by atoms with Crippen molar-refractivity contribution in [2.24, 2.45) is 0 Å². The van der Waals surface area contributed by atoms with Gasteiger partial charge < -0.3 is 14.8 Å². The third-order valence-electron chi connectivity index (χ3n) is 2.75. The molecule has 0 saturated carbocycles. The van der Waals surface area contributed by atoms with Crippen molar-refractivity contribution < 1.29 is 14.3 Å². The SMILES string of the molecule is COCCCNC(=O)CN(C)CCOc1ccccc1. The number of amides is 1. The summed E-state index contributed by atoms with van der Waals surface area (Å²) >= 11 is 0. The smallest absolute Gasteiger partial charge is 0.234 e. The van der Waals surface area contributed by atoms with Crippen molar-refractivity contribution in [3.05, 3.63) is 30.3 Å². The highest BCUT2D eigenvalue weighted by atomic mass is 16.5. The van der Waals surface area contributed by atoms with E-state index in [1.807, 2.05) is 42.3 Å². The van der Waals surface area contributed by atoms with Gasteiger partial charge in [-0.3, -0.25) is 9.69 Å². The quantitative estimate of drug-likeness (QED) is 0.653. The molecule has 1 rings (SSSR count). The lowest BCUT2D eigenvalue weighted by atomic mass is 10.3. The molecule has 0 heterocycles. The van der Waals surface area contributed by atoms with Gasteiger partial charge in [-0.15, -0.1) is 0 Å². The van der Waals surface area contributed by atoms with E-state index in [1.165, 1.54) is 0 Å². The highest BCUT2D eigenvalue weighted by molar-refractivity contribution is 5.77. The average Bonchev–Trinajstić information content (AvgIpc) is 2.45. The molecule has 1 amide bonds.